The monoisotopic (exact) mass is 275 g/mol. The number of aromatic nitrogens is 1. The highest BCUT2D eigenvalue weighted by atomic mass is 32.1. The minimum Gasteiger partial charge on any atom is -0.397 e. The fourth-order valence-corrected chi connectivity index (χ4v) is 2.71. The first-order valence-corrected chi connectivity index (χ1v) is 7.15. The third-order valence-electron chi connectivity index (χ3n) is 2.82. The Kier molecular flexibility index (Phi) is 4.52. The first-order chi connectivity index (χ1) is 9.22. The highest BCUT2D eigenvalue weighted by molar-refractivity contribution is 7.10. The van der Waals surface area contributed by atoms with E-state index in [1.165, 1.54) is 0 Å². The van der Waals surface area contributed by atoms with E-state index >= 15 is 0 Å². The Balaban J connectivity index is 2.14. The van der Waals surface area contributed by atoms with Crippen LogP contribution in [0, 0.1) is 0 Å². The SMILES string of the molecule is CCCC(NC(=O)c1ncccc1N)c1cccs1. The van der Waals surface area contributed by atoms with Crippen LogP contribution < -0.4 is 11.1 Å². The van der Waals surface area contributed by atoms with Crippen molar-refractivity contribution >= 4 is 22.9 Å². The number of anilines is 1. The van der Waals surface area contributed by atoms with Gasteiger partial charge in [-0.2, -0.15) is 0 Å². The molecule has 0 aromatic carbocycles. The molecule has 2 heterocycles. The minimum absolute atomic E-state index is 0.0268. The Morgan fingerprint density at radius 3 is 2.95 bits per heavy atom. The van der Waals surface area contributed by atoms with E-state index in [1.807, 2.05) is 17.5 Å². The number of pyridine rings is 1. The zero-order valence-electron chi connectivity index (χ0n) is 10.8. The second-order valence-corrected chi connectivity index (χ2v) is 5.25. The summed E-state index contributed by atoms with van der Waals surface area (Å²) in [6.07, 6.45) is 3.48. The van der Waals surface area contributed by atoms with Crippen LogP contribution in [0.4, 0.5) is 5.69 Å². The lowest BCUT2D eigenvalue weighted by Crippen LogP contribution is -2.29. The van der Waals surface area contributed by atoms with Crippen molar-refractivity contribution in [3.05, 3.63) is 46.4 Å². The number of carbonyl (C=O) groups is 1. The van der Waals surface area contributed by atoms with Gasteiger partial charge < -0.3 is 11.1 Å². The zero-order chi connectivity index (χ0) is 13.7. The van der Waals surface area contributed by atoms with Gasteiger partial charge >= 0.3 is 0 Å². The molecule has 1 amide bonds. The van der Waals surface area contributed by atoms with Crippen molar-refractivity contribution in [1.82, 2.24) is 10.3 Å². The molecule has 0 aliphatic rings. The average Bonchev–Trinajstić information content (AvgIpc) is 2.92. The van der Waals surface area contributed by atoms with Crippen molar-refractivity contribution < 1.29 is 4.79 Å². The molecule has 1 atom stereocenters. The lowest BCUT2D eigenvalue weighted by Gasteiger charge is -2.16. The number of nitrogens with zero attached hydrogens (tertiary/aromatic N) is 1. The second kappa shape index (κ2) is 6.33. The van der Waals surface area contributed by atoms with Crippen molar-refractivity contribution in [2.24, 2.45) is 0 Å². The molecule has 19 heavy (non-hydrogen) atoms. The summed E-state index contributed by atoms with van der Waals surface area (Å²) in [5, 5.41) is 5.02. The molecule has 0 radical (unpaired) electrons. The maximum absolute atomic E-state index is 12.2. The van der Waals surface area contributed by atoms with E-state index in [-0.39, 0.29) is 11.9 Å². The summed E-state index contributed by atoms with van der Waals surface area (Å²) in [6, 6.07) is 7.45. The Labute approximate surface area is 116 Å². The molecule has 100 valence electrons. The number of hydrogen-bond donors (Lipinski definition) is 2. The molecule has 0 aliphatic carbocycles. The molecule has 0 bridgehead atoms. The molecule has 3 N–H and O–H groups in total. The van der Waals surface area contributed by atoms with Crippen LogP contribution in [-0.4, -0.2) is 10.9 Å². The predicted molar refractivity (Wildman–Crippen MR) is 78.1 cm³/mol. The molecule has 4 nitrogen and oxygen atoms in total. The molecule has 2 aromatic rings. The average molecular weight is 275 g/mol. The normalized spacial score (nSPS) is 12.1. The smallest absolute Gasteiger partial charge is 0.272 e. The van der Waals surface area contributed by atoms with Gasteiger partial charge in [0.05, 0.1) is 11.7 Å². The summed E-state index contributed by atoms with van der Waals surface area (Å²) in [5.41, 5.74) is 6.47. The van der Waals surface area contributed by atoms with Gasteiger partial charge in [0.1, 0.15) is 0 Å². The van der Waals surface area contributed by atoms with Gasteiger partial charge in [-0.15, -0.1) is 11.3 Å². The zero-order valence-corrected chi connectivity index (χ0v) is 11.6. The van der Waals surface area contributed by atoms with Gasteiger partial charge in [0.15, 0.2) is 5.69 Å². The molecule has 0 spiro atoms. The fraction of sp³-hybridized carbons (Fsp3) is 0.286. The van der Waals surface area contributed by atoms with Crippen molar-refractivity contribution in [1.29, 1.82) is 0 Å². The highest BCUT2D eigenvalue weighted by Gasteiger charge is 2.18. The van der Waals surface area contributed by atoms with Crippen LogP contribution in [0.3, 0.4) is 0 Å². The van der Waals surface area contributed by atoms with Crippen LogP contribution in [0.25, 0.3) is 0 Å². The lowest BCUT2D eigenvalue weighted by atomic mass is 10.1. The number of hydrogen-bond acceptors (Lipinski definition) is 4. The molecule has 5 heteroatoms. The molecule has 1 unspecified atom stereocenters. The van der Waals surface area contributed by atoms with Crippen LogP contribution >= 0.6 is 11.3 Å². The molecule has 0 saturated heterocycles. The van der Waals surface area contributed by atoms with E-state index in [4.69, 9.17) is 5.73 Å². The van der Waals surface area contributed by atoms with E-state index in [0.29, 0.717) is 11.4 Å². The first-order valence-electron chi connectivity index (χ1n) is 6.27. The van der Waals surface area contributed by atoms with Crippen LogP contribution in [0.15, 0.2) is 35.8 Å². The quantitative estimate of drug-likeness (QED) is 0.881. The molecule has 2 aromatic heterocycles. The summed E-state index contributed by atoms with van der Waals surface area (Å²) < 4.78 is 0. The van der Waals surface area contributed by atoms with E-state index in [1.54, 1.807) is 29.7 Å². The molecule has 0 fully saturated rings. The summed E-state index contributed by atoms with van der Waals surface area (Å²) in [7, 11) is 0. The summed E-state index contributed by atoms with van der Waals surface area (Å²) >= 11 is 1.65. The summed E-state index contributed by atoms with van der Waals surface area (Å²) in [6.45, 7) is 2.10. The van der Waals surface area contributed by atoms with Crippen LogP contribution in [-0.2, 0) is 0 Å². The minimum atomic E-state index is -0.218. The van der Waals surface area contributed by atoms with Gasteiger partial charge in [-0.05, 0) is 30.0 Å². The molecule has 0 saturated carbocycles. The van der Waals surface area contributed by atoms with Crippen LogP contribution in [0.2, 0.25) is 0 Å². The number of nitrogens with one attached hydrogen (secondary N) is 1. The largest absolute Gasteiger partial charge is 0.397 e. The Bertz CT molecular complexity index is 539. The van der Waals surface area contributed by atoms with Gasteiger partial charge in [-0.25, -0.2) is 4.98 Å². The van der Waals surface area contributed by atoms with Gasteiger partial charge in [0, 0.05) is 11.1 Å². The van der Waals surface area contributed by atoms with Gasteiger partial charge in [0.2, 0.25) is 0 Å². The number of thiophene rings is 1. The maximum Gasteiger partial charge on any atom is 0.272 e. The number of amides is 1. The van der Waals surface area contributed by atoms with E-state index < -0.39 is 0 Å². The first kappa shape index (κ1) is 13.5. The fourth-order valence-electron chi connectivity index (χ4n) is 1.90. The maximum atomic E-state index is 12.2. The number of carbonyl (C=O) groups excluding carboxylic acids is 1. The lowest BCUT2D eigenvalue weighted by molar-refractivity contribution is 0.0931. The molecular weight excluding hydrogens is 258 g/mol. The van der Waals surface area contributed by atoms with Gasteiger partial charge in [-0.1, -0.05) is 19.4 Å². The summed E-state index contributed by atoms with van der Waals surface area (Å²) in [4.78, 5) is 17.4. The summed E-state index contributed by atoms with van der Waals surface area (Å²) in [5.74, 6) is -0.218. The molecule has 2 rings (SSSR count). The third-order valence-corrected chi connectivity index (χ3v) is 3.81. The third kappa shape index (κ3) is 3.32. The van der Waals surface area contributed by atoms with Crippen LogP contribution in [0.5, 0.6) is 0 Å². The van der Waals surface area contributed by atoms with E-state index in [2.05, 4.69) is 17.2 Å². The Hall–Kier alpha value is -1.88. The van der Waals surface area contributed by atoms with Crippen molar-refractivity contribution in [3.8, 4) is 0 Å². The van der Waals surface area contributed by atoms with E-state index in [0.717, 1.165) is 17.7 Å². The second-order valence-electron chi connectivity index (χ2n) is 4.27. The van der Waals surface area contributed by atoms with Crippen LogP contribution in [0.1, 0.15) is 41.2 Å². The topological polar surface area (TPSA) is 68.0 Å². The van der Waals surface area contributed by atoms with Crippen molar-refractivity contribution in [2.45, 2.75) is 25.8 Å². The van der Waals surface area contributed by atoms with Crippen molar-refractivity contribution in [3.63, 3.8) is 0 Å². The molecular formula is C14H17N3OS. The van der Waals surface area contributed by atoms with E-state index in [9.17, 15) is 4.79 Å². The van der Waals surface area contributed by atoms with Gasteiger partial charge in [0.25, 0.3) is 5.91 Å². The van der Waals surface area contributed by atoms with Crippen molar-refractivity contribution in [2.75, 3.05) is 5.73 Å². The Morgan fingerprint density at radius 2 is 2.32 bits per heavy atom. The number of nitrogens with two attached hydrogens (primary N) is 1. The Morgan fingerprint density at radius 1 is 1.47 bits per heavy atom. The highest BCUT2D eigenvalue weighted by Crippen LogP contribution is 2.23. The predicted octanol–water partition coefficient (Wildman–Crippen LogP) is 3.00. The number of rotatable bonds is 5. The molecule has 0 aliphatic heterocycles. The van der Waals surface area contributed by atoms with Gasteiger partial charge in [-0.3, -0.25) is 4.79 Å². The number of nitrogen functional groups attached to an aromatic ring is 1. The standard InChI is InChI=1S/C14H17N3OS/c1-2-5-11(12-7-4-9-19-12)17-14(18)13-10(15)6-3-8-16-13/h3-4,6-9,11H,2,5,15H2,1H3,(H,17,18).